The first-order valence-electron chi connectivity index (χ1n) is 5.28. The molecule has 0 unspecified atom stereocenters. The van der Waals surface area contributed by atoms with E-state index in [0.717, 1.165) is 19.3 Å². The number of unbranched alkanes of at least 4 members (excludes halogenated alkanes) is 1. The Hall–Kier alpha value is -0.850. The zero-order chi connectivity index (χ0) is 11.0. The molecule has 1 nitrogen and oxygen atoms in total. The van der Waals surface area contributed by atoms with E-state index in [0.29, 0.717) is 0 Å². The predicted octanol–water partition coefficient (Wildman–Crippen LogP) is 3.90. The monoisotopic (exact) mass is 194 g/mol. The number of allylic oxidation sites excluding steroid dienone is 4. The van der Waals surface area contributed by atoms with Crippen LogP contribution in [0.1, 0.15) is 47.0 Å². The third kappa shape index (κ3) is 5.74. The van der Waals surface area contributed by atoms with Crippen LogP contribution in [0.2, 0.25) is 0 Å². The minimum absolute atomic E-state index is 0.197. The van der Waals surface area contributed by atoms with E-state index in [4.69, 9.17) is 0 Å². The molecule has 0 spiro atoms. The lowest BCUT2D eigenvalue weighted by molar-refractivity contribution is -0.124. The smallest absolute Gasteiger partial charge is 0.135 e. The second kappa shape index (κ2) is 6.58. The van der Waals surface area contributed by atoms with Crippen LogP contribution in [0.25, 0.3) is 0 Å². The molecular weight excluding hydrogens is 172 g/mol. The van der Waals surface area contributed by atoms with Crippen LogP contribution < -0.4 is 0 Å². The molecule has 0 heterocycles. The van der Waals surface area contributed by atoms with Crippen molar-refractivity contribution >= 4 is 5.78 Å². The Morgan fingerprint density at radius 3 is 2.21 bits per heavy atom. The van der Waals surface area contributed by atoms with Crippen molar-refractivity contribution in [1.29, 1.82) is 0 Å². The highest BCUT2D eigenvalue weighted by molar-refractivity contribution is 5.81. The van der Waals surface area contributed by atoms with Gasteiger partial charge < -0.3 is 0 Å². The van der Waals surface area contributed by atoms with Crippen molar-refractivity contribution in [3.63, 3.8) is 0 Å². The summed E-state index contributed by atoms with van der Waals surface area (Å²) in [6.07, 6.45) is 11.5. The molecule has 0 fully saturated rings. The topological polar surface area (TPSA) is 17.1 Å². The van der Waals surface area contributed by atoms with Gasteiger partial charge in [-0.2, -0.15) is 0 Å². The average molecular weight is 194 g/mol. The largest absolute Gasteiger partial charge is 0.299 e. The fraction of sp³-hybridized carbons (Fsp3) is 0.615. The van der Waals surface area contributed by atoms with E-state index in [2.05, 4.69) is 24.3 Å². The summed E-state index contributed by atoms with van der Waals surface area (Å²) in [5.41, 5.74) is -0.197. The molecule has 0 aromatic rings. The van der Waals surface area contributed by atoms with Crippen LogP contribution >= 0.6 is 0 Å². The number of carbonyl (C=O) groups excluding carboxylic acids is 1. The lowest BCUT2D eigenvalue weighted by Crippen LogP contribution is -2.19. The number of carbonyl (C=O) groups is 1. The van der Waals surface area contributed by atoms with Crippen molar-refractivity contribution < 1.29 is 4.79 Å². The van der Waals surface area contributed by atoms with Gasteiger partial charge in [-0.25, -0.2) is 0 Å². The van der Waals surface area contributed by atoms with Gasteiger partial charge in [0.25, 0.3) is 0 Å². The van der Waals surface area contributed by atoms with E-state index < -0.39 is 0 Å². The first-order valence-corrected chi connectivity index (χ1v) is 5.28. The molecule has 0 aliphatic heterocycles. The summed E-state index contributed by atoms with van der Waals surface area (Å²) in [5.74, 6) is 0.260. The molecule has 0 aromatic heterocycles. The summed E-state index contributed by atoms with van der Waals surface area (Å²) in [4.78, 5) is 11.2. The van der Waals surface area contributed by atoms with Crippen LogP contribution in [0.4, 0.5) is 0 Å². The SMILES string of the molecule is CC=CCCC=CCC(C)(C)C(C)=O. The van der Waals surface area contributed by atoms with Crippen molar-refractivity contribution in [2.45, 2.75) is 47.0 Å². The maximum atomic E-state index is 11.2. The molecule has 0 radical (unpaired) electrons. The van der Waals surface area contributed by atoms with Crippen LogP contribution in [-0.2, 0) is 4.79 Å². The molecule has 0 aromatic carbocycles. The van der Waals surface area contributed by atoms with Crippen molar-refractivity contribution in [3.8, 4) is 0 Å². The average Bonchev–Trinajstić information content (AvgIpc) is 2.10. The van der Waals surface area contributed by atoms with Gasteiger partial charge in [0.15, 0.2) is 0 Å². The van der Waals surface area contributed by atoms with Crippen LogP contribution in [0, 0.1) is 5.41 Å². The molecular formula is C13H22O. The van der Waals surface area contributed by atoms with Gasteiger partial charge in [0, 0.05) is 5.41 Å². The second-order valence-corrected chi connectivity index (χ2v) is 4.26. The molecule has 1 heteroatoms. The maximum absolute atomic E-state index is 11.2. The van der Waals surface area contributed by atoms with E-state index in [1.807, 2.05) is 20.8 Å². The summed E-state index contributed by atoms with van der Waals surface area (Å²) in [7, 11) is 0. The van der Waals surface area contributed by atoms with Gasteiger partial charge in [-0.3, -0.25) is 4.79 Å². The van der Waals surface area contributed by atoms with Crippen molar-refractivity contribution in [1.82, 2.24) is 0 Å². The number of hydrogen-bond acceptors (Lipinski definition) is 1. The molecule has 0 aliphatic carbocycles. The predicted molar refractivity (Wildman–Crippen MR) is 62.3 cm³/mol. The summed E-state index contributed by atoms with van der Waals surface area (Å²) < 4.78 is 0. The van der Waals surface area contributed by atoms with Crippen LogP contribution in [0.5, 0.6) is 0 Å². The Kier molecular flexibility index (Phi) is 6.18. The molecule has 0 rings (SSSR count). The molecule has 14 heavy (non-hydrogen) atoms. The number of ketones is 1. The lowest BCUT2D eigenvalue weighted by Gasteiger charge is -2.18. The Bertz CT molecular complexity index is 221. The van der Waals surface area contributed by atoms with Crippen molar-refractivity contribution in [2.24, 2.45) is 5.41 Å². The zero-order valence-corrected chi connectivity index (χ0v) is 9.84. The van der Waals surface area contributed by atoms with Crippen LogP contribution in [0.3, 0.4) is 0 Å². The van der Waals surface area contributed by atoms with Crippen molar-refractivity contribution in [3.05, 3.63) is 24.3 Å². The summed E-state index contributed by atoms with van der Waals surface area (Å²) in [6, 6.07) is 0. The van der Waals surface area contributed by atoms with Gasteiger partial charge in [0.1, 0.15) is 5.78 Å². The first-order chi connectivity index (χ1) is 6.50. The van der Waals surface area contributed by atoms with Gasteiger partial charge in [0.2, 0.25) is 0 Å². The first kappa shape index (κ1) is 13.2. The van der Waals surface area contributed by atoms with E-state index in [1.165, 1.54) is 0 Å². The fourth-order valence-corrected chi connectivity index (χ4v) is 0.999. The van der Waals surface area contributed by atoms with Gasteiger partial charge in [-0.1, -0.05) is 38.2 Å². The minimum Gasteiger partial charge on any atom is -0.299 e. The van der Waals surface area contributed by atoms with Gasteiger partial charge in [-0.05, 0) is 33.1 Å². The Labute approximate surface area is 87.9 Å². The van der Waals surface area contributed by atoms with Crippen LogP contribution in [-0.4, -0.2) is 5.78 Å². The summed E-state index contributed by atoms with van der Waals surface area (Å²) >= 11 is 0. The molecule has 0 amide bonds. The highest BCUT2D eigenvalue weighted by atomic mass is 16.1. The second-order valence-electron chi connectivity index (χ2n) is 4.26. The maximum Gasteiger partial charge on any atom is 0.135 e. The van der Waals surface area contributed by atoms with Crippen LogP contribution in [0.15, 0.2) is 24.3 Å². The molecule has 0 atom stereocenters. The number of rotatable bonds is 6. The molecule has 0 bridgehead atoms. The van der Waals surface area contributed by atoms with E-state index in [1.54, 1.807) is 6.92 Å². The highest BCUT2D eigenvalue weighted by Crippen LogP contribution is 2.21. The van der Waals surface area contributed by atoms with E-state index in [-0.39, 0.29) is 11.2 Å². The van der Waals surface area contributed by atoms with Gasteiger partial charge in [-0.15, -0.1) is 0 Å². The fourth-order valence-electron chi connectivity index (χ4n) is 0.999. The Morgan fingerprint density at radius 2 is 1.71 bits per heavy atom. The van der Waals surface area contributed by atoms with Crippen molar-refractivity contribution in [2.75, 3.05) is 0 Å². The Morgan fingerprint density at radius 1 is 1.14 bits per heavy atom. The number of Topliss-reactive ketones (excluding diaryl/α,β-unsaturated/α-hetero) is 1. The molecule has 0 saturated carbocycles. The summed E-state index contributed by atoms with van der Waals surface area (Å²) in [5, 5.41) is 0. The number of hydrogen-bond donors (Lipinski definition) is 0. The van der Waals surface area contributed by atoms with Gasteiger partial charge in [0.05, 0.1) is 0 Å². The molecule has 0 N–H and O–H groups in total. The highest BCUT2D eigenvalue weighted by Gasteiger charge is 2.21. The summed E-state index contributed by atoms with van der Waals surface area (Å²) in [6.45, 7) is 7.67. The quantitative estimate of drug-likeness (QED) is 0.463. The minimum atomic E-state index is -0.197. The molecule has 0 aliphatic rings. The molecule has 80 valence electrons. The third-order valence-electron chi connectivity index (χ3n) is 2.48. The lowest BCUT2D eigenvalue weighted by atomic mass is 9.85. The van der Waals surface area contributed by atoms with E-state index >= 15 is 0 Å². The van der Waals surface area contributed by atoms with Gasteiger partial charge >= 0.3 is 0 Å². The third-order valence-corrected chi connectivity index (χ3v) is 2.48. The normalized spacial score (nSPS) is 12.9. The van der Waals surface area contributed by atoms with E-state index in [9.17, 15) is 4.79 Å². The molecule has 0 saturated heterocycles. The zero-order valence-electron chi connectivity index (χ0n) is 9.84. The standard InChI is InChI=1S/C13H22O/c1-5-6-7-8-9-10-11-13(3,4)12(2)14/h5-6,9-10H,7-8,11H2,1-4H3. The Balaban J connectivity index is 3.76.